The molecule has 0 saturated heterocycles. The first-order chi connectivity index (χ1) is 9.85. The molecule has 0 aliphatic carbocycles. The van der Waals surface area contributed by atoms with E-state index in [1.807, 2.05) is 6.92 Å². The van der Waals surface area contributed by atoms with Crippen LogP contribution < -0.4 is 10.0 Å². The second-order valence-corrected chi connectivity index (χ2v) is 7.20. The molecule has 0 fully saturated rings. The van der Waals surface area contributed by atoms with E-state index in [0.29, 0.717) is 17.7 Å². The molecule has 0 radical (unpaired) electrons. The molecule has 1 aliphatic rings. The van der Waals surface area contributed by atoms with Crippen LogP contribution >= 0.6 is 0 Å². The Labute approximate surface area is 124 Å². The number of amides is 1. The van der Waals surface area contributed by atoms with Gasteiger partial charge in [-0.25, -0.2) is 13.1 Å². The summed E-state index contributed by atoms with van der Waals surface area (Å²) in [5.41, 5.74) is 1.37. The van der Waals surface area contributed by atoms with Crippen molar-refractivity contribution < 1.29 is 18.3 Å². The number of sulfonamides is 1. The molecule has 2 rings (SSSR count). The van der Waals surface area contributed by atoms with E-state index in [4.69, 9.17) is 5.11 Å². The lowest BCUT2D eigenvalue weighted by atomic mass is 10.0. The minimum Gasteiger partial charge on any atom is -0.396 e. The van der Waals surface area contributed by atoms with Crippen molar-refractivity contribution in [2.45, 2.75) is 31.1 Å². The number of rotatable bonds is 6. The van der Waals surface area contributed by atoms with Gasteiger partial charge >= 0.3 is 0 Å². The molecular formula is C14H20N2O4S. The van der Waals surface area contributed by atoms with Crippen LogP contribution in [0.5, 0.6) is 0 Å². The van der Waals surface area contributed by atoms with Crippen LogP contribution in [0.15, 0.2) is 23.1 Å². The van der Waals surface area contributed by atoms with Crippen LogP contribution in [0, 0.1) is 5.92 Å². The van der Waals surface area contributed by atoms with E-state index >= 15 is 0 Å². The zero-order chi connectivity index (χ0) is 15.6. The van der Waals surface area contributed by atoms with Gasteiger partial charge in [0.15, 0.2) is 0 Å². The highest BCUT2D eigenvalue weighted by atomic mass is 32.2. The van der Waals surface area contributed by atoms with Gasteiger partial charge in [0.1, 0.15) is 0 Å². The first-order valence-corrected chi connectivity index (χ1v) is 8.39. The quantitative estimate of drug-likeness (QED) is 0.731. The molecule has 116 valence electrons. The lowest BCUT2D eigenvalue weighted by Crippen LogP contribution is -2.28. The van der Waals surface area contributed by atoms with Crippen LogP contribution in [0.3, 0.4) is 0 Å². The molecule has 0 spiro atoms. The third kappa shape index (κ3) is 3.42. The van der Waals surface area contributed by atoms with Gasteiger partial charge in [-0.3, -0.25) is 4.79 Å². The van der Waals surface area contributed by atoms with Gasteiger partial charge in [0.05, 0.1) is 10.8 Å². The Bertz CT molecular complexity index is 642. The summed E-state index contributed by atoms with van der Waals surface area (Å²) in [7, 11) is -3.61. The summed E-state index contributed by atoms with van der Waals surface area (Å²) < 4.78 is 27.0. The fourth-order valence-electron chi connectivity index (χ4n) is 2.22. The van der Waals surface area contributed by atoms with Gasteiger partial charge in [-0.15, -0.1) is 0 Å². The minimum atomic E-state index is -3.61. The first-order valence-electron chi connectivity index (χ1n) is 6.90. The maximum atomic E-state index is 12.2. The smallest absolute Gasteiger partial charge is 0.240 e. The topological polar surface area (TPSA) is 95.5 Å². The number of hydrogen-bond donors (Lipinski definition) is 3. The molecule has 1 heterocycles. The monoisotopic (exact) mass is 312 g/mol. The normalized spacial score (nSPS) is 19.2. The summed E-state index contributed by atoms with van der Waals surface area (Å²) in [6.07, 6.45) is 0.544. The molecule has 7 heteroatoms. The standard InChI is InChI=1S/C14H20N2O4S/c1-9(5-6-17)8-15-21(19,20)11-3-4-13-12(7-11)10(2)14(18)16-13/h3-4,7,9-10,15,17H,5-6,8H2,1-2H3,(H,16,18). The van der Waals surface area contributed by atoms with Crippen LogP contribution in [-0.4, -0.2) is 32.6 Å². The Morgan fingerprint density at radius 3 is 2.81 bits per heavy atom. The van der Waals surface area contributed by atoms with Gasteiger partial charge < -0.3 is 10.4 Å². The number of hydrogen-bond acceptors (Lipinski definition) is 4. The molecule has 1 aromatic carbocycles. The van der Waals surface area contributed by atoms with E-state index in [9.17, 15) is 13.2 Å². The van der Waals surface area contributed by atoms with E-state index in [1.165, 1.54) is 12.1 Å². The number of nitrogens with one attached hydrogen (secondary N) is 2. The highest BCUT2D eigenvalue weighted by molar-refractivity contribution is 7.89. The molecule has 0 aromatic heterocycles. The predicted octanol–water partition coefficient (Wildman–Crippen LogP) is 1.04. The van der Waals surface area contributed by atoms with Crippen molar-refractivity contribution in [1.29, 1.82) is 0 Å². The molecule has 21 heavy (non-hydrogen) atoms. The summed E-state index contributed by atoms with van der Waals surface area (Å²) in [5, 5.41) is 11.5. The number of aliphatic hydroxyl groups is 1. The van der Waals surface area contributed by atoms with Gasteiger partial charge in [0.2, 0.25) is 15.9 Å². The largest absolute Gasteiger partial charge is 0.396 e. The third-order valence-corrected chi connectivity index (χ3v) is 5.12. The van der Waals surface area contributed by atoms with Crippen molar-refractivity contribution >= 4 is 21.6 Å². The van der Waals surface area contributed by atoms with Crippen molar-refractivity contribution in [3.63, 3.8) is 0 Å². The van der Waals surface area contributed by atoms with Crippen LogP contribution in [0.25, 0.3) is 0 Å². The fourth-order valence-corrected chi connectivity index (χ4v) is 3.42. The number of anilines is 1. The SMILES string of the molecule is CC(CCO)CNS(=O)(=O)c1ccc2c(c1)C(C)C(=O)N2. The van der Waals surface area contributed by atoms with Gasteiger partial charge in [-0.1, -0.05) is 6.92 Å². The fraction of sp³-hybridized carbons (Fsp3) is 0.500. The summed E-state index contributed by atoms with van der Waals surface area (Å²) >= 11 is 0. The summed E-state index contributed by atoms with van der Waals surface area (Å²) in [6.45, 7) is 3.92. The highest BCUT2D eigenvalue weighted by Gasteiger charge is 2.28. The predicted molar refractivity (Wildman–Crippen MR) is 79.5 cm³/mol. The van der Waals surface area contributed by atoms with E-state index in [1.54, 1.807) is 13.0 Å². The summed E-state index contributed by atoms with van der Waals surface area (Å²) in [5.74, 6) is -0.408. The maximum absolute atomic E-state index is 12.2. The van der Waals surface area contributed by atoms with Crippen LogP contribution in [0.1, 0.15) is 31.7 Å². The minimum absolute atomic E-state index is 0.0348. The van der Waals surface area contributed by atoms with Gasteiger partial charge in [-0.05, 0) is 43.0 Å². The molecule has 0 bridgehead atoms. The van der Waals surface area contributed by atoms with Crippen LogP contribution in [0.2, 0.25) is 0 Å². The van der Waals surface area contributed by atoms with E-state index in [2.05, 4.69) is 10.0 Å². The molecule has 1 aliphatic heterocycles. The van der Waals surface area contributed by atoms with Crippen molar-refractivity contribution in [3.8, 4) is 0 Å². The second kappa shape index (κ2) is 6.13. The van der Waals surface area contributed by atoms with E-state index in [0.717, 1.165) is 0 Å². The molecule has 6 nitrogen and oxygen atoms in total. The van der Waals surface area contributed by atoms with E-state index in [-0.39, 0.29) is 35.8 Å². The number of carbonyl (C=O) groups excluding carboxylic acids is 1. The van der Waals surface area contributed by atoms with Gasteiger partial charge in [0.25, 0.3) is 0 Å². The molecule has 2 unspecified atom stereocenters. The van der Waals surface area contributed by atoms with Gasteiger partial charge in [0, 0.05) is 18.8 Å². The maximum Gasteiger partial charge on any atom is 0.240 e. The number of fused-ring (bicyclic) bond motifs is 1. The Morgan fingerprint density at radius 1 is 1.43 bits per heavy atom. The number of aliphatic hydroxyl groups excluding tert-OH is 1. The Balaban J connectivity index is 2.17. The zero-order valence-corrected chi connectivity index (χ0v) is 12.9. The number of carbonyl (C=O) groups is 1. The molecule has 0 saturated carbocycles. The average Bonchev–Trinajstić information content (AvgIpc) is 2.72. The Kier molecular flexibility index (Phi) is 4.65. The Hall–Kier alpha value is -1.44. The Morgan fingerprint density at radius 2 is 2.14 bits per heavy atom. The third-order valence-electron chi connectivity index (χ3n) is 3.69. The first kappa shape index (κ1) is 15.9. The lowest BCUT2D eigenvalue weighted by Gasteiger charge is -2.12. The lowest BCUT2D eigenvalue weighted by molar-refractivity contribution is -0.116. The van der Waals surface area contributed by atoms with Crippen molar-refractivity contribution in [1.82, 2.24) is 4.72 Å². The zero-order valence-electron chi connectivity index (χ0n) is 12.1. The molecule has 1 aromatic rings. The van der Waals surface area contributed by atoms with Crippen LogP contribution in [0.4, 0.5) is 5.69 Å². The number of benzene rings is 1. The molecular weight excluding hydrogens is 292 g/mol. The van der Waals surface area contributed by atoms with Crippen LogP contribution in [-0.2, 0) is 14.8 Å². The average molecular weight is 312 g/mol. The molecule has 2 atom stereocenters. The molecule has 3 N–H and O–H groups in total. The molecule has 1 amide bonds. The van der Waals surface area contributed by atoms with Gasteiger partial charge in [-0.2, -0.15) is 0 Å². The second-order valence-electron chi connectivity index (χ2n) is 5.43. The van der Waals surface area contributed by atoms with Crippen molar-refractivity contribution in [2.75, 3.05) is 18.5 Å². The highest BCUT2D eigenvalue weighted by Crippen LogP contribution is 2.33. The summed E-state index contributed by atoms with van der Waals surface area (Å²) in [6, 6.07) is 4.63. The van der Waals surface area contributed by atoms with E-state index < -0.39 is 10.0 Å². The van der Waals surface area contributed by atoms with Crippen molar-refractivity contribution in [3.05, 3.63) is 23.8 Å². The summed E-state index contributed by atoms with van der Waals surface area (Å²) in [4.78, 5) is 11.7. The van der Waals surface area contributed by atoms with Crippen molar-refractivity contribution in [2.24, 2.45) is 5.92 Å².